The fourth-order valence-corrected chi connectivity index (χ4v) is 5.20. The molecule has 35 heavy (non-hydrogen) atoms. The molecule has 1 atom stereocenters. The molecule has 0 saturated heterocycles. The van der Waals surface area contributed by atoms with E-state index in [2.05, 4.69) is 28.9 Å². The number of hydrogen-bond acceptors (Lipinski definition) is 4. The number of amides is 2. The van der Waals surface area contributed by atoms with E-state index in [1.165, 1.54) is 0 Å². The topological polar surface area (TPSA) is 72.8 Å². The van der Waals surface area contributed by atoms with Crippen LogP contribution in [-0.2, 0) is 18.4 Å². The first kappa shape index (κ1) is 21.3. The van der Waals surface area contributed by atoms with E-state index in [1.807, 2.05) is 61.6 Å². The Bertz CT molecular complexity index is 1490. The summed E-state index contributed by atoms with van der Waals surface area (Å²) in [6, 6.07) is 21.1. The van der Waals surface area contributed by atoms with Crippen LogP contribution in [-0.4, -0.2) is 34.6 Å². The first-order valence-corrected chi connectivity index (χ1v) is 11.6. The van der Waals surface area contributed by atoms with Gasteiger partial charge in [-0.25, -0.2) is 0 Å². The van der Waals surface area contributed by atoms with Crippen molar-refractivity contribution >= 4 is 22.7 Å². The lowest BCUT2D eigenvalue weighted by Crippen LogP contribution is -2.39. The molecule has 7 heteroatoms. The van der Waals surface area contributed by atoms with Crippen molar-refractivity contribution in [2.75, 3.05) is 13.3 Å². The third-order valence-electron chi connectivity index (χ3n) is 7.02. The van der Waals surface area contributed by atoms with E-state index in [0.717, 1.165) is 33.3 Å². The first-order chi connectivity index (χ1) is 17.0. The highest BCUT2D eigenvalue weighted by Gasteiger charge is 2.40. The maximum atomic E-state index is 13.5. The third-order valence-corrected chi connectivity index (χ3v) is 7.02. The molecule has 6 rings (SSSR count). The lowest BCUT2D eigenvalue weighted by molar-refractivity contribution is -0.122. The van der Waals surface area contributed by atoms with E-state index in [-0.39, 0.29) is 31.2 Å². The smallest absolute Gasteiger partial charge is 0.255 e. The number of rotatable bonds is 5. The number of fused-ring (bicyclic) bond motifs is 3. The maximum Gasteiger partial charge on any atom is 0.255 e. The number of para-hydroxylation sites is 1. The Labute approximate surface area is 202 Å². The fraction of sp³-hybridized carbons (Fsp3) is 0.214. The zero-order valence-corrected chi connectivity index (χ0v) is 19.6. The second-order valence-corrected chi connectivity index (χ2v) is 8.96. The Morgan fingerprint density at radius 2 is 1.80 bits per heavy atom. The monoisotopic (exact) mass is 467 g/mol. The van der Waals surface area contributed by atoms with Gasteiger partial charge in [-0.2, -0.15) is 0 Å². The molecular formula is C28H25N3O4. The summed E-state index contributed by atoms with van der Waals surface area (Å²) >= 11 is 0. The van der Waals surface area contributed by atoms with Crippen LogP contribution in [0.1, 0.15) is 38.8 Å². The molecule has 1 unspecified atom stereocenters. The van der Waals surface area contributed by atoms with Gasteiger partial charge in [-0.1, -0.05) is 42.5 Å². The normalized spacial score (nSPS) is 16.1. The van der Waals surface area contributed by atoms with Gasteiger partial charge in [-0.05, 0) is 42.3 Å². The standard InChI is InChI=1S/C28H25N3O4/c1-17-26(21-9-5-6-10-22(21)30(17)2)27-19-7-3-4-8-20(19)28(33)31(27)15-25(32)29-14-18-11-12-23-24(13-18)35-16-34-23/h3-13,27H,14-16H2,1-2H3,(H,29,32). The number of aryl methyl sites for hydroxylation is 1. The van der Waals surface area contributed by atoms with Crippen molar-refractivity contribution in [2.24, 2.45) is 7.05 Å². The second-order valence-electron chi connectivity index (χ2n) is 8.96. The summed E-state index contributed by atoms with van der Waals surface area (Å²) in [7, 11) is 2.03. The highest BCUT2D eigenvalue weighted by Crippen LogP contribution is 2.43. The minimum Gasteiger partial charge on any atom is -0.454 e. The van der Waals surface area contributed by atoms with Crippen molar-refractivity contribution in [3.63, 3.8) is 0 Å². The highest BCUT2D eigenvalue weighted by molar-refractivity contribution is 6.02. The van der Waals surface area contributed by atoms with E-state index < -0.39 is 0 Å². The fourth-order valence-electron chi connectivity index (χ4n) is 5.20. The average molecular weight is 468 g/mol. The van der Waals surface area contributed by atoms with Crippen LogP contribution in [0.2, 0.25) is 0 Å². The van der Waals surface area contributed by atoms with Crippen LogP contribution < -0.4 is 14.8 Å². The Kier molecular flexibility index (Phi) is 4.99. The van der Waals surface area contributed by atoms with Gasteiger partial charge in [0.05, 0.1) is 6.04 Å². The number of nitrogens with one attached hydrogen (secondary N) is 1. The highest BCUT2D eigenvalue weighted by atomic mass is 16.7. The summed E-state index contributed by atoms with van der Waals surface area (Å²) in [4.78, 5) is 28.2. The molecule has 2 aliphatic heterocycles. The summed E-state index contributed by atoms with van der Waals surface area (Å²) in [6.07, 6.45) is 0. The van der Waals surface area contributed by atoms with Gasteiger partial charge in [0, 0.05) is 41.3 Å². The Morgan fingerprint density at radius 3 is 2.69 bits per heavy atom. The molecule has 0 spiro atoms. The molecule has 1 N–H and O–H groups in total. The van der Waals surface area contributed by atoms with E-state index in [4.69, 9.17) is 9.47 Å². The van der Waals surface area contributed by atoms with Gasteiger partial charge < -0.3 is 24.3 Å². The summed E-state index contributed by atoms with van der Waals surface area (Å²) in [6.45, 7) is 2.57. The lowest BCUT2D eigenvalue weighted by Gasteiger charge is -2.26. The van der Waals surface area contributed by atoms with Crippen LogP contribution in [0.4, 0.5) is 0 Å². The van der Waals surface area contributed by atoms with Crippen LogP contribution in [0.5, 0.6) is 11.5 Å². The van der Waals surface area contributed by atoms with Crippen LogP contribution in [0.3, 0.4) is 0 Å². The molecule has 2 aliphatic rings. The summed E-state index contributed by atoms with van der Waals surface area (Å²) in [5.41, 5.74) is 5.72. The second kappa shape index (κ2) is 8.20. The Balaban J connectivity index is 1.31. The molecule has 0 radical (unpaired) electrons. The summed E-state index contributed by atoms with van der Waals surface area (Å²) in [5, 5.41) is 4.05. The molecule has 4 aromatic rings. The lowest BCUT2D eigenvalue weighted by atomic mass is 9.95. The molecule has 1 aromatic heterocycles. The predicted octanol–water partition coefficient (Wildman–Crippen LogP) is 4.08. The van der Waals surface area contributed by atoms with Crippen molar-refractivity contribution < 1.29 is 19.1 Å². The van der Waals surface area contributed by atoms with Crippen molar-refractivity contribution in [2.45, 2.75) is 19.5 Å². The van der Waals surface area contributed by atoms with Crippen LogP contribution >= 0.6 is 0 Å². The van der Waals surface area contributed by atoms with Gasteiger partial charge >= 0.3 is 0 Å². The minimum absolute atomic E-state index is 0.0363. The van der Waals surface area contributed by atoms with Crippen LogP contribution in [0.25, 0.3) is 10.9 Å². The largest absolute Gasteiger partial charge is 0.454 e. The molecule has 176 valence electrons. The molecule has 0 bridgehead atoms. The third kappa shape index (κ3) is 3.43. The number of benzene rings is 3. The summed E-state index contributed by atoms with van der Waals surface area (Å²) in [5.74, 6) is 1.03. The zero-order valence-electron chi connectivity index (χ0n) is 19.6. The molecule has 3 heterocycles. The Hall–Kier alpha value is -4.26. The SMILES string of the molecule is Cc1c(C2c3ccccc3C(=O)N2CC(=O)NCc2ccc3c(c2)OCO3)c2ccccc2n1C. The van der Waals surface area contributed by atoms with Gasteiger partial charge in [0.2, 0.25) is 12.7 Å². The molecule has 3 aromatic carbocycles. The Morgan fingerprint density at radius 1 is 1.03 bits per heavy atom. The molecule has 0 aliphatic carbocycles. The van der Waals surface area contributed by atoms with Crippen molar-refractivity contribution in [3.8, 4) is 11.5 Å². The number of carbonyl (C=O) groups excluding carboxylic acids is 2. The molecular weight excluding hydrogens is 442 g/mol. The number of carbonyl (C=O) groups is 2. The molecule has 2 amide bonds. The average Bonchev–Trinajstić information content (AvgIpc) is 3.52. The van der Waals surface area contributed by atoms with Gasteiger partial charge in [-0.3, -0.25) is 9.59 Å². The minimum atomic E-state index is -0.332. The maximum absolute atomic E-state index is 13.5. The number of aromatic nitrogens is 1. The van der Waals surface area contributed by atoms with Crippen molar-refractivity contribution in [3.05, 3.63) is 94.7 Å². The number of hydrogen-bond donors (Lipinski definition) is 1. The number of nitrogens with zero attached hydrogens (tertiary/aromatic N) is 2. The van der Waals surface area contributed by atoms with E-state index >= 15 is 0 Å². The quantitative estimate of drug-likeness (QED) is 0.480. The molecule has 7 nitrogen and oxygen atoms in total. The first-order valence-electron chi connectivity index (χ1n) is 11.6. The number of ether oxygens (including phenoxy) is 2. The predicted molar refractivity (Wildman–Crippen MR) is 131 cm³/mol. The van der Waals surface area contributed by atoms with E-state index in [1.54, 1.807) is 4.90 Å². The van der Waals surface area contributed by atoms with E-state index in [0.29, 0.717) is 23.6 Å². The zero-order chi connectivity index (χ0) is 24.1. The van der Waals surface area contributed by atoms with Gasteiger partial charge in [0.25, 0.3) is 5.91 Å². The van der Waals surface area contributed by atoms with Crippen LogP contribution in [0, 0.1) is 6.92 Å². The van der Waals surface area contributed by atoms with Gasteiger partial charge in [0.1, 0.15) is 6.54 Å². The molecule has 0 saturated carbocycles. The van der Waals surface area contributed by atoms with Crippen LogP contribution in [0.15, 0.2) is 66.7 Å². The van der Waals surface area contributed by atoms with Gasteiger partial charge in [0.15, 0.2) is 11.5 Å². The van der Waals surface area contributed by atoms with E-state index in [9.17, 15) is 9.59 Å². The van der Waals surface area contributed by atoms with Crippen molar-refractivity contribution in [1.29, 1.82) is 0 Å². The molecule has 0 fully saturated rings. The van der Waals surface area contributed by atoms with Gasteiger partial charge in [-0.15, -0.1) is 0 Å². The van der Waals surface area contributed by atoms with Crippen molar-refractivity contribution in [1.82, 2.24) is 14.8 Å². The summed E-state index contributed by atoms with van der Waals surface area (Å²) < 4.78 is 12.9.